The first-order valence-corrected chi connectivity index (χ1v) is 8.74. The minimum atomic E-state index is -2.77. The third-order valence-corrected chi connectivity index (χ3v) is 4.23. The Morgan fingerprint density at radius 1 is 1.28 bits per heavy atom. The zero-order valence-corrected chi connectivity index (χ0v) is 15.3. The fraction of sp³-hybridized carbons (Fsp3) is 0.333. The number of fused-ring (bicyclic) bond motifs is 1. The van der Waals surface area contributed by atoms with Crippen LogP contribution < -0.4 is 10.1 Å². The van der Waals surface area contributed by atoms with Gasteiger partial charge in [-0.2, -0.15) is 4.98 Å². The molecule has 1 fully saturated rings. The standard InChI is InChI=1S/C18H17F2N5O4/c1-27-18-16-22-12(13-9-28-5-6-29-13)7-25(16)8-14(24-18)23-17(26)11-4-2-3-10(21-11)15(19)20/h2-4,7-8,13,15H,5-6,9H2,1H3,(H,23,26). The van der Waals surface area contributed by atoms with Gasteiger partial charge in [-0.05, 0) is 12.1 Å². The van der Waals surface area contributed by atoms with Crippen LogP contribution in [-0.4, -0.2) is 52.2 Å². The Labute approximate surface area is 163 Å². The Kier molecular flexibility index (Phi) is 5.32. The average Bonchev–Trinajstić information content (AvgIpc) is 3.18. The molecule has 0 aromatic carbocycles. The lowest BCUT2D eigenvalue weighted by molar-refractivity contribution is -0.0916. The normalized spacial score (nSPS) is 16.9. The van der Waals surface area contributed by atoms with E-state index in [0.29, 0.717) is 31.2 Å². The maximum absolute atomic E-state index is 12.8. The van der Waals surface area contributed by atoms with E-state index in [9.17, 15) is 13.6 Å². The van der Waals surface area contributed by atoms with Gasteiger partial charge in [0.25, 0.3) is 18.2 Å². The van der Waals surface area contributed by atoms with Gasteiger partial charge in [-0.3, -0.25) is 9.20 Å². The number of carbonyl (C=O) groups excluding carboxylic acids is 1. The van der Waals surface area contributed by atoms with Crippen molar-refractivity contribution >= 4 is 17.4 Å². The molecule has 0 radical (unpaired) electrons. The maximum atomic E-state index is 12.8. The van der Waals surface area contributed by atoms with Crippen LogP contribution in [0.15, 0.2) is 30.6 Å². The summed E-state index contributed by atoms with van der Waals surface area (Å²) in [6.45, 7) is 1.39. The molecule has 1 aliphatic rings. The summed E-state index contributed by atoms with van der Waals surface area (Å²) in [5.41, 5.74) is 0.447. The molecule has 11 heteroatoms. The molecule has 29 heavy (non-hydrogen) atoms. The van der Waals surface area contributed by atoms with Crippen LogP contribution in [0.3, 0.4) is 0 Å². The molecule has 0 bridgehead atoms. The van der Waals surface area contributed by atoms with Crippen LogP contribution in [0.2, 0.25) is 0 Å². The third-order valence-electron chi connectivity index (χ3n) is 4.23. The Morgan fingerprint density at radius 2 is 2.14 bits per heavy atom. The van der Waals surface area contributed by atoms with Crippen molar-refractivity contribution in [1.82, 2.24) is 19.4 Å². The zero-order chi connectivity index (χ0) is 20.4. The first-order valence-electron chi connectivity index (χ1n) is 8.74. The van der Waals surface area contributed by atoms with Crippen LogP contribution >= 0.6 is 0 Å². The first kappa shape index (κ1) is 19.2. The number of methoxy groups -OCH3 is 1. The molecule has 1 amide bonds. The van der Waals surface area contributed by atoms with Crippen molar-refractivity contribution in [3.63, 3.8) is 0 Å². The highest BCUT2D eigenvalue weighted by atomic mass is 19.3. The Morgan fingerprint density at radius 3 is 2.86 bits per heavy atom. The zero-order valence-electron chi connectivity index (χ0n) is 15.3. The Bertz CT molecular complexity index is 1040. The molecule has 4 rings (SSSR count). The number of anilines is 1. The largest absolute Gasteiger partial charge is 0.478 e. The summed E-state index contributed by atoms with van der Waals surface area (Å²) in [5, 5.41) is 2.54. The molecule has 1 atom stereocenters. The van der Waals surface area contributed by atoms with Crippen LogP contribution in [0.5, 0.6) is 5.88 Å². The molecule has 1 N–H and O–H groups in total. The van der Waals surface area contributed by atoms with Gasteiger partial charge < -0.3 is 19.5 Å². The second-order valence-electron chi connectivity index (χ2n) is 6.17. The number of imidazole rings is 1. The van der Waals surface area contributed by atoms with Gasteiger partial charge in [0.1, 0.15) is 17.5 Å². The van der Waals surface area contributed by atoms with Crippen LogP contribution in [0.25, 0.3) is 5.65 Å². The number of aromatic nitrogens is 4. The first-order chi connectivity index (χ1) is 14.0. The number of pyridine rings is 1. The number of carbonyl (C=O) groups is 1. The van der Waals surface area contributed by atoms with Crippen molar-refractivity contribution in [2.75, 3.05) is 32.2 Å². The molecule has 4 heterocycles. The number of nitrogens with zero attached hydrogens (tertiary/aromatic N) is 4. The molecule has 0 saturated carbocycles. The topological polar surface area (TPSA) is 99.9 Å². The lowest BCUT2D eigenvalue weighted by Gasteiger charge is -2.20. The molecule has 0 aliphatic carbocycles. The minimum absolute atomic E-state index is 0.147. The quantitative estimate of drug-likeness (QED) is 0.696. The highest BCUT2D eigenvalue weighted by Crippen LogP contribution is 2.25. The lowest BCUT2D eigenvalue weighted by atomic mass is 10.3. The van der Waals surface area contributed by atoms with E-state index in [4.69, 9.17) is 14.2 Å². The second kappa shape index (κ2) is 8.05. The summed E-state index contributed by atoms with van der Waals surface area (Å²) in [6, 6.07) is 3.83. The molecule has 1 saturated heterocycles. The summed E-state index contributed by atoms with van der Waals surface area (Å²) in [4.78, 5) is 24.8. The number of alkyl halides is 2. The van der Waals surface area contributed by atoms with E-state index in [1.165, 1.54) is 25.4 Å². The van der Waals surface area contributed by atoms with Gasteiger partial charge in [0.15, 0.2) is 5.82 Å². The summed E-state index contributed by atoms with van der Waals surface area (Å²) >= 11 is 0. The molecule has 9 nitrogen and oxygen atoms in total. The van der Waals surface area contributed by atoms with Gasteiger partial charge in [-0.25, -0.2) is 18.7 Å². The van der Waals surface area contributed by atoms with Crippen molar-refractivity contribution in [3.05, 3.63) is 47.7 Å². The third kappa shape index (κ3) is 4.00. The number of nitrogens with one attached hydrogen (secondary N) is 1. The number of hydrogen-bond acceptors (Lipinski definition) is 7. The summed E-state index contributed by atoms with van der Waals surface area (Å²) in [7, 11) is 1.43. The monoisotopic (exact) mass is 405 g/mol. The summed E-state index contributed by atoms with van der Waals surface area (Å²) in [6.07, 6.45) is 0.178. The number of rotatable bonds is 5. The molecule has 1 aliphatic heterocycles. The van der Waals surface area contributed by atoms with E-state index in [2.05, 4.69) is 20.3 Å². The van der Waals surface area contributed by atoms with Crippen molar-refractivity contribution in [3.8, 4) is 5.88 Å². The van der Waals surface area contributed by atoms with E-state index in [1.54, 1.807) is 10.6 Å². The SMILES string of the molecule is COc1nc(NC(=O)c2cccc(C(F)F)n2)cn2cc(C3COCCO3)nc12. The van der Waals surface area contributed by atoms with Crippen LogP contribution in [0.4, 0.5) is 14.6 Å². The van der Waals surface area contributed by atoms with Crippen molar-refractivity contribution in [2.45, 2.75) is 12.5 Å². The van der Waals surface area contributed by atoms with Gasteiger partial charge in [-0.1, -0.05) is 6.07 Å². The lowest BCUT2D eigenvalue weighted by Crippen LogP contribution is -2.22. The highest BCUT2D eigenvalue weighted by Gasteiger charge is 2.22. The molecule has 1 unspecified atom stereocenters. The van der Waals surface area contributed by atoms with Crippen LogP contribution in [-0.2, 0) is 9.47 Å². The van der Waals surface area contributed by atoms with E-state index >= 15 is 0 Å². The van der Waals surface area contributed by atoms with Crippen LogP contribution in [0, 0.1) is 0 Å². The predicted molar refractivity (Wildman–Crippen MR) is 96.2 cm³/mol. The predicted octanol–water partition coefficient (Wildman–Crippen LogP) is 2.41. The van der Waals surface area contributed by atoms with Gasteiger partial charge >= 0.3 is 0 Å². The average molecular weight is 405 g/mol. The smallest absolute Gasteiger partial charge is 0.280 e. The van der Waals surface area contributed by atoms with E-state index in [0.717, 1.165) is 6.07 Å². The summed E-state index contributed by atoms with van der Waals surface area (Å²) in [5.74, 6) is -0.348. The molecule has 152 valence electrons. The molecule has 3 aromatic rings. The van der Waals surface area contributed by atoms with Crippen LogP contribution in [0.1, 0.15) is 34.4 Å². The van der Waals surface area contributed by atoms with Gasteiger partial charge in [0.2, 0.25) is 5.65 Å². The van der Waals surface area contributed by atoms with Crippen molar-refractivity contribution in [2.24, 2.45) is 0 Å². The molecular weight excluding hydrogens is 388 g/mol. The molecular formula is C18H17F2N5O4. The Balaban J connectivity index is 1.62. The highest BCUT2D eigenvalue weighted by molar-refractivity contribution is 6.02. The fourth-order valence-electron chi connectivity index (χ4n) is 2.88. The molecule has 3 aromatic heterocycles. The number of halogens is 2. The second-order valence-corrected chi connectivity index (χ2v) is 6.17. The number of ether oxygens (including phenoxy) is 3. The Hall–Kier alpha value is -3.18. The van der Waals surface area contributed by atoms with Gasteiger partial charge in [-0.15, -0.1) is 0 Å². The van der Waals surface area contributed by atoms with Crippen molar-refractivity contribution < 1.29 is 27.8 Å². The molecule has 0 spiro atoms. The minimum Gasteiger partial charge on any atom is -0.478 e. The van der Waals surface area contributed by atoms with E-state index in [-0.39, 0.29) is 23.5 Å². The maximum Gasteiger partial charge on any atom is 0.280 e. The number of amides is 1. The summed E-state index contributed by atoms with van der Waals surface area (Å²) < 4.78 is 43.6. The number of hydrogen-bond donors (Lipinski definition) is 1. The fourth-order valence-corrected chi connectivity index (χ4v) is 2.88. The van der Waals surface area contributed by atoms with Gasteiger partial charge in [0, 0.05) is 6.20 Å². The van der Waals surface area contributed by atoms with Gasteiger partial charge in [0.05, 0.1) is 38.8 Å². The van der Waals surface area contributed by atoms with E-state index in [1.807, 2.05) is 0 Å². The van der Waals surface area contributed by atoms with Crippen molar-refractivity contribution in [1.29, 1.82) is 0 Å². The van der Waals surface area contributed by atoms with E-state index < -0.39 is 18.0 Å².